The zero-order valence-electron chi connectivity index (χ0n) is 10.5. The minimum atomic E-state index is -0.321. The first-order valence-corrected chi connectivity index (χ1v) is 6.15. The Balaban J connectivity index is 3.11. The molecule has 0 aromatic carbocycles. The molecule has 1 nitrogen and oxygen atoms in total. The third kappa shape index (κ3) is 2.15. The Morgan fingerprint density at radius 1 is 1.20 bits per heavy atom. The summed E-state index contributed by atoms with van der Waals surface area (Å²) in [4.78, 5) is 13.5. The van der Waals surface area contributed by atoms with E-state index in [1.807, 2.05) is 32.2 Å². The molecule has 0 aliphatic rings. The molecule has 84 valence electrons. The summed E-state index contributed by atoms with van der Waals surface area (Å²) in [5.74, 6) is 0.258. The fourth-order valence-electron chi connectivity index (χ4n) is 1.30. The molecule has 0 spiro atoms. The van der Waals surface area contributed by atoms with Crippen LogP contribution in [0.1, 0.15) is 49.9 Å². The third-order valence-electron chi connectivity index (χ3n) is 3.55. The molecule has 1 aromatic heterocycles. The van der Waals surface area contributed by atoms with E-state index >= 15 is 0 Å². The molecule has 0 bridgehead atoms. The van der Waals surface area contributed by atoms with Gasteiger partial charge in [-0.05, 0) is 23.8 Å². The molecule has 1 aromatic rings. The van der Waals surface area contributed by atoms with Crippen molar-refractivity contribution in [3.05, 3.63) is 21.9 Å². The summed E-state index contributed by atoms with van der Waals surface area (Å²) in [6.07, 6.45) is 0. The Kier molecular flexibility index (Phi) is 3.11. The van der Waals surface area contributed by atoms with Crippen molar-refractivity contribution < 1.29 is 4.79 Å². The number of aryl methyl sites for hydroxylation is 1. The minimum Gasteiger partial charge on any atom is -0.294 e. The van der Waals surface area contributed by atoms with Crippen molar-refractivity contribution in [1.29, 1.82) is 0 Å². The highest BCUT2D eigenvalue weighted by Crippen LogP contribution is 2.41. The molecule has 15 heavy (non-hydrogen) atoms. The van der Waals surface area contributed by atoms with E-state index < -0.39 is 0 Å². The van der Waals surface area contributed by atoms with Crippen molar-refractivity contribution >= 4 is 17.1 Å². The number of ketones is 1. The van der Waals surface area contributed by atoms with Crippen LogP contribution in [0, 0.1) is 17.8 Å². The van der Waals surface area contributed by atoms with Crippen LogP contribution >= 0.6 is 11.3 Å². The lowest BCUT2D eigenvalue weighted by Crippen LogP contribution is -2.37. The summed E-state index contributed by atoms with van der Waals surface area (Å²) in [5, 5.41) is 1.99. The van der Waals surface area contributed by atoms with E-state index in [0.717, 1.165) is 10.4 Å². The quantitative estimate of drug-likeness (QED) is 0.684. The summed E-state index contributed by atoms with van der Waals surface area (Å²) in [6, 6.07) is 1.94. The molecular formula is C13H20OS. The Hall–Kier alpha value is -0.630. The van der Waals surface area contributed by atoms with E-state index in [9.17, 15) is 4.79 Å². The van der Waals surface area contributed by atoms with Crippen LogP contribution in [0.4, 0.5) is 0 Å². The lowest BCUT2D eigenvalue weighted by atomic mass is 9.65. The normalized spacial score (nSPS) is 12.9. The first-order valence-electron chi connectivity index (χ1n) is 5.27. The van der Waals surface area contributed by atoms with E-state index in [4.69, 9.17) is 0 Å². The highest BCUT2D eigenvalue weighted by atomic mass is 32.1. The molecule has 0 amide bonds. The zero-order chi connectivity index (χ0) is 11.9. The first kappa shape index (κ1) is 12.4. The molecule has 2 heteroatoms. The van der Waals surface area contributed by atoms with E-state index in [2.05, 4.69) is 20.8 Å². The number of carbonyl (C=O) groups is 1. The smallest absolute Gasteiger partial charge is 0.170 e. The van der Waals surface area contributed by atoms with Crippen LogP contribution < -0.4 is 0 Å². The maximum Gasteiger partial charge on any atom is 0.170 e. The SMILES string of the molecule is Cc1sccc1C(=O)C(C)(C)C(C)(C)C. The van der Waals surface area contributed by atoms with Crippen LogP contribution in [0.3, 0.4) is 0 Å². The molecule has 0 saturated carbocycles. The van der Waals surface area contributed by atoms with E-state index in [-0.39, 0.29) is 16.6 Å². The van der Waals surface area contributed by atoms with Gasteiger partial charge in [-0.3, -0.25) is 4.79 Å². The summed E-state index contributed by atoms with van der Waals surface area (Å²) in [6.45, 7) is 12.4. The fraction of sp³-hybridized carbons (Fsp3) is 0.615. The predicted octanol–water partition coefficient (Wildman–Crippen LogP) is 4.31. The fourth-order valence-corrected chi connectivity index (χ4v) is 1.99. The molecule has 0 unspecified atom stereocenters. The number of carbonyl (C=O) groups excluding carboxylic acids is 1. The number of Topliss-reactive ketones (excluding diaryl/α,β-unsaturated/α-hetero) is 1. The molecule has 1 heterocycles. The maximum atomic E-state index is 12.4. The van der Waals surface area contributed by atoms with Crippen molar-refractivity contribution in [3.63, 3.8) is 0 Å². The van der Waals surface area contributed by atoms with Gasteiger partial charge in [0.15, 0.2) is 5.78 Å². The van der Waals surface area contributed by atoms with Crippen LogP contribution in [0.15, 0.2) is 11.4 Å². The van der Waals surface area contributed by atoms with Crippen molar-refractivity contribution in [2.24, 2.45) is 10.8 Å². The highest BCUT2D eigenvalue weighted by Gasteiger charge is 2.40. The second-order valence-corrected chi connectivity index (χ2v) is 6.71. The average molecular weight is 224 g/mol. The standard InChI is InChI=1S/C13H20OS/c1-9-10(7-8-15-9)11(14)13(5,6)12(2,3)4/h7-8H,1-6H3. The highest BCUT2D eigenvalue weighted by molar-refractivity contribution is 7.10. The van der Waals surface area contributed by atoms with Crippen LogP contribution in [0.2, 0.25) is 0 Å². The number of thiophene rings is 1. The van der Waals surface area contributed by atoms with E-state index in [0.29, 0.717) is 0 Å². The second-order valence-electron chi connectivity index (χ2n) is 5.59. The van der Waals surface area contributed by atoms with Gasteiger partial charge in [0.2, 0.25) is 0 Å². The van der Waals surface area contributed by atoms with Gasteiger partial charge < -0.3 is 0 Å². The number of hydrogen-bond donors (Lipinski definition) is 0. The van der Waals surface area contributed by atoms with E-state index in [1.165, 1.54) is 0 Å². The topological polar surface area (TPSA) is 17.1 Å². The van der Waals surface area contributed by atoms with Crippen molar-refractivity contribution in [1.82, 2.24) is 0 Å². The molecule has 0 aliphatic heterocycles. The number of hydrogen-bond acceptors (Lipinski definition) is 2. The molecule has 0 atom stereocenters. The lowest BCUT2D eigenvalue weighted by Gasteiger charge is -2.37. The van der Waals surface area contributed by atoms with Gasteiger partial charge in [0, 0.05) is 15.9 Å². The molecule has 1 rings (SSSR count). The van der Waals surface area contributed by atoms with Gasteiger partial charge in [-0.2, -0.15) is 0 Å². The summed E-state index contributed by atoms with van der Waals surface area (Å²) in [7, 11) is 0. The summed E-state index contributed by atoms with van der Waals surface area (Å²) in [5.41, 5.74) is 0.553. The van der Waals surface area contributed by atoms with Crippen LogP contribution in [-0.2, 0) is 0 Å². The lowest BCUT2D eigenvalue weighted by molar-refractivity contribution is 0.0625. The van der Waals surface area contributed by atoms with Crippen LogP contribution in [0.25, 0.3) is 0 Å². The third-order valence-corrected chi connectivity index (χ3v) is 4.39. The molecule has 0 saturated heterocycles. The van der Waals surface area contributed by atoms with Gasteiger partial charge in [-0.15, -0.1) is 11.3 Å². The number of rotatable bonds is 2. The maximum absolute atomic E-state index is 12.4. The molecule has 0 N–H and O–H groups in total. The molecule has 0 fully saturated rings. The van der Waals surface area contributed by atoms with Gasteiger partial charge in [0.1, 0.15) is 0 Å². The Bertz CT molecular complexity index is 366. The van der Waals surface area contributed by atoms with Crippen molar-refractivity contribution in [2.75, 3.05) is 0 Å². The predicted molar refractivity (Wildman–Crippen MR) is 66.6 cm³/mol. The van der Waals surface area contributed by atoms with Gasteiger partial charge in [0.25, 0.3) is 0 Å². The largest absolute Gasteiger partial charge is 0.294 e. The van der Waals surface area contributed by atoms with Gasteiger partial charge in [-0.1, -0.05) is 34.6 Å². The Morgan fingerprint density at radius 3 is 2.07 bits per heavy atom. The van der Waals surface area contributed by atoms with Gasteiger partial charge in [0.05, 0.1) is 0 Å². The summed E-state index contributed by atoms with van der Waals surface area (Å²) >= 11 is 1.64. The average Bonchev–Trinajstić information content (AvgIpc) is 2.48. The molecule has 0 radical (unpaired) electrons. The molecule has 0 aliphatic carbocycles. The van der Waals surface area contributed by atoms with Crippen molar-refractivity contribution in [2.45, 2.75) is 41.5 Å². The second kappa shape index (κ2) is 3.75. The minimum absolute atomic E-state index is 0.0154. The molecular weight excluding hydrogens is 204 g/mol. The van der Waals surface area contributed by atoms with E-state index in [1.54, 1.807) is 11.3 Å². The van der Waals surface area contributed by atoms with Gasteiger partial charge in [-0.25, -0.2) is 0 Å². The monoisotopic (exact) mass is 224 g/mol. The Morgan fingerprint density at radius 2 is 1.73 bits per heavy atom. The first-order chi connectivity index (χ1) is 6.68. The van der Waals surface area contributed by atoms with Gasteiger partial charge >= 0.3 is 0 Å². The zero-order valence-corrected chi connectivity index (χ0v) is 11.3. The van der Waals surface area contributed by atoms with Crippen LogP contribution in [0.5, 0.6) is 0 Å². The Labute approximate surface area is 96.5 Å². The van der Waals surface area contributed by atoms with Crippen molar-refractivity contribution in [3.8, 4) is 0 Å². The van der Waals surface area contributed by atoms with Crippen LogP contribution in [-0.4, -0.2) is 5.78 Å². The summed E-state index contributed by atoms with van der Waals surface area (Å²) < 4.78 is 0.